The molecule has 0 amide bonds. The molecular weight excluding hydrogens is 226 g/mol. The van der Waals surface area contributed by atoms with Crippen LogP contribution in [0.2, 0.25) is 0 Å². The maximum absolute atomic E-state index is 2.76. The van der Waals surface area contributed by atoms with Crippen LogP contribution in [0, 0.1) is 5.92 Å². The minimum Gasteiger partial charge on any atom is -0.296 e. The molecule has 1 atom stereocenters. The van der Waals surface area contributed by atoms with E-state index in [0.717, 1.165) is 12.0 Å². The molecule has 2 fully saturated rings. The molecule has 1 aliphatic heterocycles. The van der Waals surface area contributed by atoms with E-state index in [1.165, 1.54) is 58.0 Å². The van der Waals surface area contributed by atoms with Crippen molar-refractivity contribution in [3.05, 3.63) is 22.4 Å². The zero-order valence-corrected chi connectivity index (χ0v) is 11.4. The molecule has 0 spiro atoms. The first kappa shape index (κ1) is 11.7. The molecule has 17 heavy (non-hydrogen) atoms. The Bertz CT molecular complexity index is 327. The van der Waals surface area contributed by atoms with Gasteiger partial charge in [-0.25, -0.2) is 0 Å². The van der Waals surface area contributed by atoms with Gasteiger partial charge in [-0.1, -0.05) is 19.3 Å². The number of rotatable bonds is 3. The van der Waals surface area contributed by atoms with Crippen molar-refractivity contribution >= 4 is 11.3 Å². The summed E-state index contributed by atoms with van der Waals surface area (Å²) in [5.41, 5.74) is 1.57. The molecule has 0 bridgehead atoms. The summed E-state index contributed by atoms with van der Waals surface area (Å²) < 4.78 is 0. The van der Waals surface area contributed by atoms with Gasteiger partial charge in [-0.15, -0.1) is 0 Å². The predicted molar refractivity (Wildman–Crippen MR) is 74.4 cm³/mol. The van der Waals surface area contributed by atoms with Gasteiger partial charge in [0, 0.05) is 12.6 Å². The average Bonchev–Trinajstić information content (AvgIpc) is 3.00. The van der Waals surface area contributed by atoms with E-state index >= 15 is 0 Å². The van der Waals surface area contributed by atoms with Crippen LogP contribution >= 0.6 is 11.3 Å². The Labute approximate surface area is 109 Å². The van der Waals surface area contributed by atoms with Crippen molar-refractivity contribution in [1.29, 1.82) is 0 Å². The topological polar surface area (TPSA) is 3.24 Å². The lowest BCUT2D eigenvalue weighted by Gasteiger charge is -2.30. The quantitative estimate of drug-likeness (QED) is 0.764. The van der Waals surface area contributed by atoms with E-state index < -0.39 is 0 Å². The van der Waals surface area contributed by atoms with Crippen molar-refractivity contribution in [1.82, 2.24) is 4.90 Å². The summed E-state index contributed by atoms with van der Waals surface area (Å²) in [6, 6.07) is 3.07. The minimum absolute atomic E-state index is 0.739. The van der Waals surface area contributed by atoms with Crippen molar-refractivity contribution in [3.8, 4) is 0 Å². The van der Waals surface area contributed by atoms with Crippen molar-refractivity contribution in [2.75, 3.05) is 13.1 Å². The molecule has 94 valence electrons. The molecule has 1 aromatic rings. The summed E-state index contributed by atoms with van der Waals surface area (Å²) in [6.45, 7) is 2.69. The van der Waals surface area contributed by atoms with E-state index in [-0.39, 0.29) is 0 Å². The standard InChI is InChI=1S/C15H23NS/c1-2-5-13(6-3-1)11-16-9-4-7-15(16)14-8-10-17-12-14/h8,10,12-13,15H,1-7,9,11H2. The lowest BCUT2D eigenvalue weighted by molar-refractivity contribution is 0.188. The first-order valence-corrected chi connectivity index (χ1v) is 8.14. The van der Waals surface area contributed by atoms with Crippen molar-refractivity contribution in [2.45, 2.75) is 51.0 Å². The molecule has 2 heterocycles. The third-order valence-electron chi connectivity index (χ3n) is 4.51. The first-order chi connectivity index (χ1) is 8.43. The largest absolute Gasteiger partial charge is 0.296 e. The number of hydrogen-bond acceptors (Lipinski definition) is 2. The van der Waals surface area contributed by atoms with Gasteiger partial charge < -0.3 is 0 Å². The molecule has 2 aliphatic rings. The van der Waals surface area contributed by atoms with Gasteiger partial charge in [0.15, 0.2) is 0 Å². The molecule has 1 aromatic heterocycles. The fourth-order valence-electron chi connectivity index (χ4n) is 3.59. The highest BCUT2D eigenvalue weighted by molar-refractivity contribution is 7.07. The van der Waals surface area contributed by atoms with Crippen LogP contribution in [0.4, 0.5) is 0 Å². The summed E-state index contributed by atoms with van der Waals surface area (Å²) in [4.78, 5) is 2.76. The molecule has 1 unspecified atom stereocenters. The Morgan fingerprint density at radius 3 is 2.76 bits per heavy atom. The lowest BCUT2D eigenvalue weighted by atomic mass is 9.88. The Morgan fingerprint density at radius 1 is 1.12 bits per heavy atom. The second-order valence-electron chi connectivity index (χ2n) is 5.71. The number of likely N-dealkylation sites (tertiary alicyclic amines) is 1. The van der Waals surface area contributed by atoms with Crippen molar-refractivity contribution in [3.63, 3.8) is 0 Å². The van der Waals surface area contributed by atoms with Crippen LogP contribution in [0.15, 0.2) is 16.8 Å². The lowest BCUT2D eigenvalue weighted by Crippen LogP contribution is -2.30. The van der Waals surface area contributed by atoms with Crippen LogP contribution in [0.1, 0.15) is 56.6 Å². The van der Waals surface area contributed by atoms with Crippen molar-refractivity contribution < 1.29 is 0 Å². The fourth-order valence-corrected chi connectivity index (χ4v) is 4.30. The van der Waals surface area contributed by atoms with Crippen LogP contribution in [-0.2, 0) is 0 Å². The summed E-state index contributed by atoms with van der Waals surface area (Å²) in [7, 11) is 0. The molecule has 0 aromatic carbocycles. The van der Waals surface area contributed by atoms with Gasteiger partial charge in [0.05, 0.1) is 0 Å². The molecule has 1 nitrogen and oxygen atoms in total. The molecule has 0 N–H and O–H groups in total. The zero-order valence-electron chi connectivity index (χ0n) is 10.6. The highest BCUT2D eigenvalue weighted by Gasteiger charge is 2.28. The molecule has 1 aliphatic carbocycles. The fraction of sp³-hybridized carbons (Fsp3) is 0.733. The van der Waals surface area contributed by atoms with Crippen molar-refractivity contribution in [2.24, 2.45) is 5.92 Å². The predicted octanol–water partition coefficient (Wildman–Crippen LogP) is 4.47. The molecule has 1 saturated carbocycles. The van der Waals surface area contributed by atoms with Crippen LogP contribution in [-0.4, -0.2) is 18.0 Å². The zero-order chi connectivity index (χ0) is 11.5. The molecule has 3 rings (SSSR count). The van der Waals surface area contributed by atoms with Crippen LogP contribution in [0.5, 0.6) is 0 Å². The second-order valence-corrected chi connectivity index (χ2v) is 6.49. The van der Waals surface area contributed by atoms with Gasteiger partial charge in [-0.3, -0.25) is 4.90 Å². The van der Waals surface area contributed by atoms with E-state index in [2.05, 4.69) is 21.7 Å². The van der Waals surface area contributed by atoms with E-state index in [9.17, 15) is 0 Å². The summed E-state index contributed by atoms with van der Waals surface area (Å²) in [6.07, 6.45) is 10.2. The number of thiophene rings is 1. The Hall–Kier alpha value is -0.340. The van der Waals surface area contributed by atoms with Crippen LogP contribution < -0.4 is 0 Å². The Kier molecular flexibility index (Phi) is 3.82. The van der Waals surface area contributed by atoms with Gasteiger partial charge in [-0.05, 0) is 60.5 Å². The van der Waals surface area contributed by atoms with Crippen LogP contribution in [0.25, 0.3) is 0 Å². The summed E-state index contributed by atoms with van der Waals surface area (Å²) in [5.74, 6) is 0.989. The second kappa shape index (κ2) is 5.53. The third kappa shape index (κ3) is 2.74. The third-order valence-corrected chi connectivity index (χ3v) is 5.21. The number of nitrogens with zero attached hydrogens (tertiary/aromatic N) is 1. The smallest absolute Gasteiger partial charge is 0.0356 e. The van der Waals surface area contributed by atoms with Gasteiger partial charge in [0.25, 0.3) is 0 Å². The summed E-state index contributed by atoms with van der Waals surface area (Å²) >= 11 is 1.85. The van der Waals surface area contributed by atoms with E-state index in [4.69, 9.17) is 0 Å². The van der Waals surface area contributed by atoms with Gasteiger partial charge >= 0.3 is 0 Å². The first-order valence-electron chi connectivity index (χ1n) is 7.19. The van der Waals surface area contributed by atoms with Crippen LogP contribution in [0.3, 0.4) is 0 Å². The van der Waals surface area contributed by atoms with E-state index in [0.29, 0.717) is 0 Å². The van der Waals surface area contributed by atoms with Gasteiger partial charge in [-0.2, -0.15) is 11.3 Å². The number of hydrogen-bond donors (Lipinski definition) is 0. The Morgan fingerprint density at radius 2 is 2.00 bits per heavy atom. The molecular formula is C15H23NS. The maximum atomic E-state index is 2.76. The SMILES string of the molecule is c1cc(C2CCCN2CC2CCCCC2)cs1. The highest BCUT2D eigenvalue weighted by atomic mass is 32.1. The van der Waals surface area contributed by atoms with E-state index in [1.54, 1.807) is 5.56 Å². The monoisotopic (exact) mass is 249 g/mol. The molecule has 0 radical (unpaired) electrons. The average molecular weight is 249 g/mol. The van der Waals surface area contributed by atoms with Gasteiger partial charge in [0.2, 0.25) is 0 Å². The summed E-state index contributed by atoms with van der Waals surface area (Å²) in [5, 5.41) is 4.58. The molecule has 1 saturated heterocycles. The molecule has 2 heteroatoms. The minimum atomic E-state index is 0.739. The Balaban J connectivity index is 1.61. The van der Waals surface area contributed by atoms with Gasteiger partial charge in [0.1, 0.15) is 0 Å². The normalized spacial score (nSPS) is 27.6. The van der Waals surface area contributed by atoms with E-state index in [1.807, 2.05) is 11.3 Å². The maximum Gasteiger partial charge on any atom is 0.0356 e. The highest BCUT2D eigenvalue weighted by Crippen LogP contribution is 2.35.